The molecule has 62 valence electrons. The lowest BCUT2D eigenvalue weighted by molar-refractivity contribution is 0.708. The van der Waals surface area contributed by atoms with Crippen molar-refractivity contribution in [1.29, 1.82) is 0 Å². The second kappa shape index (κ2) is 7.57. The topological polar surface area (TPSA) is 12.0 Å². The first-order valence-electron chi connectivity index (χ1n) is 4.10. The molecule has 0 aromatic heterocycles. The highest BCUT2D eigenvalue weighted by Gasteiger charge is 2.01. The predicted molar refractivity (Wildman–Crippen MR) is 51.5 cm³/mol. The van der Waals surface area contributed by atoms with Gasteiger partial charge in [0, 0.05) is 0 Å². The molecule has 0 fully saturated rings. The minimum absolute atomic E-state index is 0.780. The molecule has 1 N–H and O–H groups in total. The van der Waals surface area contributed by atoms with Crippen molar-refractivity contribution in [3.8, 4) is 0 Å². The highest BCUT2D eigenvalue weighted by Crippen LogP contribution is 2.07. The van der Waals surface area contributed by atoms with Crippen LogP contribution in [0.1, 0.15) is 19.8 Å². The van der Waals surface area contributed by atoms with Gasteiger partial charge in [-0.1, -0.05) is 13.3 Å². The molecule has 3 heteroatoms. The van der Waals surface area contributed by atoms with Crippen molar-refractivity contribution in [2.24, 2.45) is 0 Å². The van der Waals surface area contributed by atoms with Crippen LogP contribution in [0.15, 0.2) is 0 Å². The second-order valence-electron chi connectivity index (χ2n) is 2.60. The van der Waals surface area contributed by atoms with Crippen molar-refractivity contribution in [3.05, 3.63) is 0 Å². The molecule has 0 saturated heterocycles. The number of hydrogen-bond donors (Lipinski definition) is 1. The van der Waals surface area contributed by atoms with Crippen LogP contribution in [0.5, 0.6) is 0 Å². The summed E-state index contributed by atoms with van der Waals surface area (Å²) in [5.74, 6) is 0. The van der Waals surface area contributed by atoms with Crippen LogP contribution in [0.2, 0.25) is 12.1 Å². The van der Waals surface area contributed by atoms with Crippen LogP contribution in [-0.2, 0) is 0 Å². The molecule has 0 aromatic rings. The van der Waals surface area contributed by atoms with E-state index >= 15 is 0 Å². The van der Waals surface area contributed by atoms with Crippen molar-refractivity contribution < 1.29 is 0 Å². The fourth-order valence-electron chi connectivity index (χ4n) is 0.872. The van der Waals surface area contributed by atoms with Gasteiger partial charge in [0.15, 0.2) is 0 Å². The lowest BCUT2D eigenvalue weighted by Gasteiger charge is -2.02. The first-order chi connectivity index (χ1) is 4.81. The molecule has 0 aromatic carbocycles. The first-order valence-corrected chi connectivity index (χ1v) is 7.47. The Morgan fingerprint density at radius 2 is 2.10 bits per heavy atom. The van der Waals surface area contributed by atoms with Crippen LogP contribution in [0.25, 0.3) is 0 Å². The van der Waals surface area contributed by atoms with Crippen LogP contribution >= 0.6 is 11.1 Å². The van der Waals surface area contributed by atoms with Crippen LogP contribution < -0.4 is 5.32 Å². The van der Waals surface area contributed by atoms with E-state index in [0.29, 0.717) is 0 Å². The Bertz CT molecular complexity index is 70.6. The zero-order chi connectivity index (χ0) is 7.82. The monoisotopic (exact) mass is 179 g/mol. The highest BCUT2D eigenvalue weighted by atomic mass is 35.6. The first kappa shape index (κ1) is 10.5. The van der Waals surface area contributed by atoms with Crippen molar-refractivity contribution >= 4 is 19.2 Å². The molecule has 10 heavy (non-hydrogen) atoms. The van der Waals surface area contributed by atoms with Gasteiger partial charge in [0.2, 0.25) is 0 Å². The number of rotatable bonds is 6. The van der Waals surface area contributed by atoms with E-state index in [1.54, 1.807) is 0 Å². The molecule has 0 rings (SSSR count). The Hall–Kier alpha value is 0.467. The molecule has 0 saturated carbocycles. The lowest BCUT2D eigenvalue weighted by Crippen LogP contribution is -2.08. The molecule has 0 spiro atoms. The van der Waals surface area contributed by atoms with E-state index in [-0.39, 0.29) is 0 Å². The Morgan fingerprint density at radius 1 is 1.40 bits per heavy atom. The van der Waals surface area contributed by atoms with E-state index < -0.39 is 8.11 Å². The molecule has 0 radical (unpaired) electrons. The number of halogens is 1. The minimum atomic E-state index is -0.780. The van der Waals surface area contributed by atoms with Crippen molar-refractivity contribution in [2.45, 2.75) is 31.9 Å². The van der Waals surface area contributed by atoms with E-state index in [2.05, 4.69) is 12.2 Å². The summed E-state index contributed by atoms with van der Waals surface area (Å²) in [5, 5.41) is 3.13. The number of nitrogens with one attached hydrogen (secondary N) is 1. The molecule has 1 nitrogen and oxygen atoms in total. The van der Waals surface area contributed by atoms with Gasteiger partial charge in [-0.25, -0.2) is 0 Å². The highest BCUT2D eigenvalue weighted by molar-refractivity contribution is 7.06. The normalized spacial score (nSPS) is 13.5. The molecular weight excluding hydrogens is 162 g/mol. The SMILES string of the molecule is CC[SiH](Cl)CCCCNC. The summed E-state index contributed by atoms with van der Waals surface area (Å²) < 4.78 is 0. The van der Waals surface area contributed by atoms with Gasteiger partial charge in [0.05, 0.1) is 0 Å². The van der Waals surface area contributed by atoms with Crippen molar-refractivity contribution in [1.82, 2.24) is 5.32 Å². The summed E-state index contributed by atoms with van der Waals surface area (Å²) in [6.07, 6.45) is 2.60. The third-order valence-electron chi connectivity index (χ3n) is 1.64. The molecule has 1 atom stereocenters. The molecule has 0 aliphatic heterocycles. The zero-order valence-electron chi connectivity index (χ0n) is 6.99. The molecule has 0 aliphatic rings. The van der Waals surface area contributed by atoms with Crippen molar-refractivity contribution in [2.75, 3.05) is 13.6 Å². The molecule has 0 aliphatic carbocycles. The van der Waals surface area contributed by atoms with E-state index in [1.165, 1.54) is 24.9 Å². The Balaban J connectivity index is 2.89. The zero-order valence-corrected chi connectivity index (χ0v) is 8.90. The third kappa shape index (κ3) is 6.58. The quantitative estimate of drug-likeness (QED) is 0.374. The van der Waals surface area contributed by atoms with Gasteiger partial charge in [0.25, 0.3) is 0 Å². The van der Waals surface area contributed by atoms with Crippen LogP contribution in [0.4, 0.5) is 0 Å². The molecule has 0 amide bonds. The fourth-order valence-corrected chi connectivity index (χ4v) is 2.47. The van der Waals surface area contributed by atoms with Crippen LogP contribution in [0.3, 0.4) is 0 Å². The van der Waals surface area contributed by atoms with Gasteiger partial charge in [-0.3, -0.25) is 0 Å². The summed E-state index contributed by atoms with van der Waals surface area (Å²) in [7, 11) is 1.22. The maximum absolute atomic E-state index is 6.06. The van der Waals surface area contributed by atoms with Gasteiger partial charge in [-0.15, -0.1) is 0 Å². The van der Waals surface area contributed by atoms with Gasteiger partial charge >= 0.3 is 0 Å². The van der Waals surface area contributed by atoms with Gasteiger partial charge in [-0.2, -0.15) is 11.1 Å². The number of hydrogen-bond acceptors (Lipinski definition) is 1. The average Bonchev–Trinajstić information content (AvgIpc) is 1.98. The predicted octanol–water partition coefficient (Wildman–Crippen LogP) is 1.97. The van der Waals surface area contributed by atoms with Gasteiger partial charge in [0.1, 0.15) is 8.11 Å². The summed E-state index contributed by atoms with van der Waals surface area (Å²) in [6.45, 7) is 3.34. The lowest BCUT2D eigenvalue weighted by atomic mass is 10.3. The van der Waals surface area contributed by atoms with E-state index in [0.717, 1.165) is 6.54 Å². The Morgan fingerprint density at radius 3 is 2.60 bits per heavy atom. The standard InChI is InChI=1S/C7H18ClNSi/c1-3-10(8)7-5-4-6-9-2/h9-10H,3-7H2,1-2H3. The van der Waals surface area contributed by atoms with Crippen molar-refractivity contribution in [3.63, 3.8) is 0 Å². The summed E-state index contributed by atoms with van der Waals surface area (Å²) >= 11 is 6.06. The maximum Gasteiger partial charge on any atom is 0.140 e. The largest absolute Gasteiger partial charge is 0.320 e. The Kier molecular flexibility index (Phi) is 7.93. The van der Waals surface area contributed by atoms with Crippen LogP contribution in [-0.4, -0.2) is 21.7 Å². The molecular formula is C7H18ClNSi. The maximum atomic E-state index is 6.06. The minimum Gasteiger partial charge on any atom is -0.320 e. The average molecular weight is 180 g/mol. The van der Waals surface area contributed by atoms with Gasteiger partial charge in [-0.05, 0) is 32.1 Å². The fraction of sp³-hybridized carbons (Fsp3) is 1.00. The van der Waals surface area contributed by atoms with E-state index in [9.17, 15) is 0 Å². The summed E-state index contributed by atoms with van der Waals surface area (Å²) in [6, 6.07) is 2.54. The molecule has 0 bridgehead atoms. The smallest absolute Gasteiger partial charge is 0.140 e. The second-order valence-corrected chi connectivity index (χ2v) is 7.04. The number of unbranched alkanes of at least 4 members (excludes halogenated alkanes) is 1. The molecule has 0 heterocycles. The summed E-state index contributed by atoms with van der Waals surface area (Å²) in [4.78, 5) is 0. The molecule has 1 unspecified atom stereocenters. The Labute approximate surface area is 70.5 Å². The van der Waals surface area contributed by atoms with E-state index in [4.69, 9.17) is 11.1 Å². The van der Waals surface area contributed by atoms with Gasteiger partial charge < -0.3 is 5.32 Å². The summed E-state index contributed by atoms with van der Waals surface area (Å²) in [5.41, 5.74) is 0. The third-order valence-corrected chi connectivity index (χ3v) is 5.14. The van der Waals surface area contributed by atoms with E-state index in [1.807, 2.05) is 7.05 Å². The van der Waals surface area contributed by atoms with Crippen LogP contribution in [0, 0.1) is 0 Å².